The van der Waals surface area contributed by atoms with E-state index in [4.69, 9.17) is 0 Å². The van der Waals surface area contributed by atoms with E-state index >= 15 is 0 Å². The van der Waals surface area contributed by atoms with Gasteiger partial charge in [0, 0.05) is 0 Å². The molecule has 0 amide bonds. The second-order valence-electron chi connectivity index (χ2n) is 3.90. The van der Waals surface area contributed by atoms with E-state index in [-0.39, 0.29) is 0 Å². The van der Waals surface area contributed by atoms with Gasteiger partial charge in [0.15, 0.2) is 0 Å². The summed E-state index contributed by atoms with van der Waals surface area (Å²) in [4.78, 5) is 0. The molecule has 0 N–H and O–H groups in total. The molecule has 0 heterocycles. The van der Waals surface area contributed by atoms with Crippen LogP contribution in [0.1, 0.15) is 51.4 Å². The fourth-order valence-corrected chi connectivity index (χ4v) is 1.63. The van der Waals surface area contributed by atoms with Crippen molar-refractivity contribution in [2.45, 2.75) is 51.4 Å². The van der Waals surface area contributed by atoms with Gasteiger partial charge in [-0.3, -0.25) is 0 Å². The largest absolute Gasteiger partial charge is 0.0885 e. The summed E-state index contributed by atoms with van der Waals surface area (Å²) in [6.45, 7) is 0. The molecule has 1 rings (SSSR count). The topological polar surface area (TPSA) is 0 Å². The van der Waals surface area contributed by atoms with Gasteiger partial charge < -0.3 is 0 Å². The fourth-order valence-electron chi connectivity index (χ4n) is 1.63. The predicted octanol–water partition coefficient (Wildman–Crippen LogP) is 4.79. The maximum Gasteiger partial charge on any atom is -0.0347 e. The molecule has 0 spiro atoms. The van der Waals surface area contributed by atoms with Gasteiger partial charge in [-0.1, -0.05) is 36.5 Å². The SMILES string of the molecule is C1=C\CCCC/C=C\CCCC\C=C/1. The molecule has 78 valence electrons. The lowest BCUT2D eigenvalue weighted by Gasteiger charge is -1.95. The van der Waals surface area contributed by atoms with Crippen LogP contribution in [0, 0.1) is 0 Å². The molecule has 1 aliphatic carbocycles. The maximum absolute atomic E-state index is 2.35. The average Bonchev–Trinajstić information content (AvgIpc) is 2.22. The van der Waals surface area contributed by atoms with Crippen LogP contribution in [-0.2, 0) is 0 Å². The summed E-state index contributed by atoms with van der Waals surface area (Å²) in [5.74, 6) is 0. The van der Waals surface area contributed by atoms with Gasteiger partial charge in [-0.25, -0.2) is 0 Å². The summed E-state index contributed by atoms with van der Waals surface area (Å²) in [6, 6.07) is 0. The predicted molar refractivity (Wildman–Crippen MR) is 64.4 cm³/mol. The Labute approximate surface area is 88.4 Å². The van der Waals surface area contributed by atoms with Crippen molar-refractivity contribution in [2.24, 2.45) is 0 Å². The van der Waals surface area contributed by atoms with E-state index in [2.05, 4.69) is 36.5 Å². The maximum atomic E-state index is 2.35. The zero-order valence-corrected chi connectivity index (χ0v) is 9.12. The Morgan fingerprint density at radius 1 is 0.429 bits per heavy atom. The van der Waals surface area contributed by atoms with E-state index in [0.717, 1.165) is 0 Å². The quantitative estimate of drug-likeness (QED) is 0.482. The minimum Gasteiger partial charge on any atom is -0.0885 e. The van der Waals surface area contributed by atoms with Crippen LogP contribution in [0.5, 0.6) is 0 Å². The second-order valence-corrected chi connectivity index (χ2v) is 3.90. The van der Waals surface area contributed by atoms with Crippen LogP contribution in [0.4, 0.5) is 0 Å². The van der Waals surface area contributed by atoms with E-state index in [0.29, 0.717) is 0 Å². The molecule has 0 aromatic carbocycles. The van der Waals surface area contributed by atoms with E-state index in [1.807, 2.05) is 0 Å². The summed E-state index contributed by atoms with van der Waals surface area (Å²) >= 11 is 0. The molecule has 1 aliphatic rings. The first-order valence-electron chi connectivity index (χ1n) is 5.97. The molecule has 0 aromatic heterocycles. The lowest BCUT2D eigenvalue weighted by Crippen LogP contribution is -1.75. The van der Waals surface area contributed by atoms with E-state index < -0.39 is 0 Å². The highest BCUT2D eigenvalue weighted by Crippen LogP contribution is 2.06. The van der Waals surface area contributed by atoms with Crippen molar-refractivity contribution in [3.05, 3.63) is 36.5 Å². The van der Waals surface area contributed by atoms with Gasteiger partial charge in [-0.05, 0) is 51.4 Å². The van der Waals surface area contributed by atoms with E-state index in [9.17, 15) is 0 Å². The molecule has 0 saturated heterocycles. The summed E-state index contributed by atoms with van der Waals surface area (Å²) in [5.41, 5.74) is 0. The molecule has 0 atom stereocenters. The van der Waals surface area contributed by atoms with Gasteiger partial charge in [-0.15, -0.1) is 0 Å². The van der Waals surface area contributed by atoms with E-state index in [1.165, 1.54) is 51.4 Å². The molecular formula is C14H22. The van der Waals surface area contributed by atoms with Crippen molar-refractivity contribution in [1.82, 2.24) is 0 Å². The van der Waals surface area contributed by atoms with Crippen molar-refractivity contribution >= 4 is 0 Å². The second kappa shape index (κ2) is 8.80. The highest BCUT2D eigenvalue weighted by molar-refractivity contribution is 5.02. The van der Waals surface area contributed by atoms with Crippen LogP contribution >= 0.6 is 0 Å². The van der Waals surface area contributed by atoms with Gasteiger partial charge in [-0.2, -0.15) is 0 Å². The third-order valence-electron chi connectivity index (χ3n) is 2.53. The lowest BCUT2D eigenvalue weighted by atomic mass is 10.1. The minimum absolute atomic E-state index is 1.23. The van der Waals surface area contributed by atoms with Crippen molar-refractivity contribution in [1.29, 1.82) is 0 Å². The first kappa shape index (κ1) is 11.3. The van der Waals surface area contributed by atoms with Crippen molar-refractivity contribution in [3.63, 3.8) is 0 Å². The minimum atomic E-state index is 1.23. The molecule has 0 heteroatoms. The van der Waals surface area contributed by atoms with Crippen LogP contribution in [0.15, 0.2) is 36.5 Å². The number of hydrogen-bond acceptors (Lipinski definition) is 0. The number of allylic oxidation sites excluding steroid dienone is 6. The average molecular weight is 190 g/mol. The molecule has 0 aliphatic heterocycles. The number of rotatable bonds is 0. The summed E-state index contributed by atoms with van der Waals surface area (Å²) in [7, 11) is 0. The Morgan fingerprint density at radius 3 is 1.21 bits per heavy atom. The first-order valence-corrected chi connectivity index (χ1v) is 5.97. The van der Waals surface area contributed by atoms with Crippen LogP contribution < -0.4 is 0 Å². The van der Waals surface area contributed by atoms with Crippen molar-refractivity contribution in [3.8, 4) is 0 Å². The van der Waals surface area contributed by atoms with Gasteiger partial charge in [0.25, 0.3) is 0 Å². The molecular weight excluding hydrogens is 168 g/mol. The summed E-state index contributed by atoms with van der Waals surface area (Å²) in [6.07, 6.45) is 24.0. The standard InChI is InChI=1S/C14H22/c1-2-4-6-8-10-12-14-13-11-9-7-5-3-1/h1-4,13-14H,5-12H2/b3-1-,4-2-,14-13-. The van der Waals surface area contributed by atoms with Gasteiger partial charge in [0.1, 0.15) is 0 Å². The molecule has 0 unspecified atom stereocenters. The Hall–Kier alpha value is -0.780. The monoisotopic (exact) mass is 190 g/mol. The van der Waals surface area contributed by atoms with Gasteiger partial charge in [0.05, 0.1) is 0 Å². The zero-order valence-electron chi connectivity index (χ0n) is 9.12. The fraction of sp³-hybridized carbons (Fsp3) is 0.571. The Bertz CT molecular complexity index is 174. The van der Waals surface area contributed by atoms with Crippen LogP contribution in [0.25, 0.3) is 0 Å². The Balaban J connectivity index is 2.25. The molecule has 0 fully saturated rings. The molecule has 14 heavy (non-hydrogen) atoms. The highest BCUT2D eigenvalue weighted by Gasteiger charge is 1.86. The van der Waals surface area contributed by atoms with Crippen LogP contribution in [0.3, 0.4) is 0 Å². The lowest BCUT2D eigenvalue weighted by molar-refractivity contribution is 0.744. The molecule has 0 radical (unpaired) electrons. The third kappa shape index (κ3) is 6.71. The van der Waals surface area contributed by atoms with Crippen molar-refractivity contribution in [2.75, 3.05) is 0 Å². The van der Waals surface area contributed by atoms with E-state index in [1.54, 1.807) is 0 Å². The zero-order chi connectivity index (χ0) is 9.90. The third-order valence-corrected chi connectivity index (χ3v) is 2.53. The normalized spacial score (nSPS) is 27.4. The summed E-state index contributed by atoms with van der Waals surface area (Å²) in [5, 5.41) is 0. The smallest absolute Gasteiger partial charge is 0.0347 e. The highest BCUT2D eigenvalue weighted by atomic mass is 13.9. The Morgan fingerprint density at radius 2 is 0.786 bits per heavy atom. The molecule has 0 bridgehead atoms. The molecule has 0 aromatic rings. The molecule has 0 nitrogen and oxygen atoms in total. The van der Waals surface area contributed by atoms with Gasteiger partial charge in [0.2, 0.25) is 0 Å². The van der Waals surface area contributed by atoms with Crippen LogP contribution in [0.2, 0.25) is 0 Å². The van der Waals surface area contributed by atoms with Crippen LogP contribution in [-0.4, -0.2) is 0 Å². The number of hydrogen-bond donors (Lipinski definition) is 0. The first-order chi connectivity index (χ1) is 7.00. The van der Waals surface area contributed by atoms with Gasteiger partial charge >= 0.3 is 0 Å². The summed E-state index contributed by atoms with van der Waals surface area (Å²) < 4.78 is 0. The molecule has 0 saturated carbocycles. The van der Waals surface area contributed by atoms with Crippen molar-refractivity contribution < 1.29 is 0 Å². The Kier molecular flexibility index (Phi) is 7.10.